The number of sulfone groups is 2. The molecule has 0 aromatic heterocycles. The van der Waals surface area contributed by atoms with Gasteiger partial charge in [0.05, 0.1) is 47.5 Å². The Morgan fingerprint density at radius 3 is 1.41 bits per heavy atom. The number of benzene rings is 6. The Morgan fingerprint density at radius 1 is 0.429 bits per heavy atom. The van der Waals surface area contributed by atoms with Crippen molar-refractivity contribution in [3.63, 3.8) is 0 Å². The van der Waals surface area contributed by atoms with Crippen LogP contribution in [-0.2, 0) is 19.7 Å². The number of anilines is 1. The summed E-state index contributed by atoms with van der Waals surface area (Å²) in [7, 11) is -6.85. The highest BCUT2D eigenvalue weighted by Gasteiger charge is 2.39. The summed E-state index contributed by atoms with van der Waals surface area (Å²) < 4.78 is 65.8. The van der Waals surface area contributed by atoms with Crippen LogP contribution in [0.4, 0.5) is 5.69 Å². The van der Waals surface area contributed by atoms with Crippen molar-refractivity contribution in [2.24, 2.45) is 0 Å². The third-order valence-corrected chi connectivity index (χ3v) is 12.9. The number of imide groups is 2. The average Bonchev–Trinajstić information content (AvgIpc) is 3.57. The molecule has 4 amide bonds. The van der Waals surface area contributed by atoms with E-state index < -0.39 is 43.3 Å². The second kappa shape index (κ2) is 13.4. The molecule has 2 heterocycles. The molecule has 6 aromatic carbocycles. The van der Waals surface area contributed by atoms with Gasteiger partial charge in [0.25, 0.3) is 23.6 Å². The number of nitrogens with zero attached hydrogens (tertiary/aromatic N) is 2. The minimum atomic E-state index is -4.27. The first-order chi connectivity index (χ1) is 26.7. The van der Waals surface area contributed by atoms with Gasteiger partial charge in [0.1, 0.15) is 23.0 Å². The van der Waals surface area contributed by atoms with Gasteiger partial charge in [-0.2, -0.15) is 0 Å². The zero-order valence-corrected chi connectivity index (χ0v) is 31.1. The number of rotatable bonds is 9. The van der Waals surface area contributed by atoms with E-state index in [0.29, 0.717) is 11.5 Å². The predicted octanol–water partition coefficient (Wildman–Crippen LogP) is 7.27. The maximum absolute atomic E-state index is 13.6. The number of ether oxygens (including phenoxy) is 2. The van der Waals surface area contributed by atoms with Crippen LogP contribution >= 0.6 is 0 Å². The second-order valence-corrected chi connectivity index (χ2v) is 16.9. The van der Waals surface area contributed by atoms with Gasteiger partial charge in [0.2, 0.25) is 19.7 Å². The molecule has 12 nitrogen and oxygen atoms in total. The van der Waals surface area contributed by atoms with Crippen molar-refractivity contribution in [2.45, 2.75) is 26.5 Å². The lowest BCUT2D eigenvalue weighted by molar-refractivity contribution is 0.0692. The molecule has 278 valence electrons. The van der Waals surface area contributed by atoms with E-state index in [-0.39, 0.29) is 59.0 Å². The minimum absolute atomic E-state index is 0.0122. The largest absolute Gasteiger partial charge is 0.457 e. The molecule has 0 bridgehead atoms. The highest BCUT2D eigenvalue weighted by atomic mass is 32.2. The molecule has 56 heavy (non-hydrogen) atoms. The average molecular weight is 785 g/mol. The third-order valence-electron chi connectivity index (χ3n) is 9.34. The zero-order valence-electron chi connectivity index (χ0n) is 29.5. The van der Waals surface area contributed by atoms with Crippen LogP contribution in [0, 0.1) is 6.92 Å². The van der Waals surface area contributed by atoms with Crippen molar-refractivity contribution in [1.29, 1.82) is 0 Å². The Hall–Kier alpha value is -6.90. The maximum Gasteiger partial charge on any atom is 0.266 e. The van der Waals surface area contributed by atoms with Crippen LogP contribution in [0.15, 0.2) is 153 Å². The van der Waals surface area contributed by atoms with Gasteiger partial charge in [0, 0.05) is 13.1 Å². The summed E-state index contributed by atoms with van der Waals surface area (Å²) in [6, 6.07) is 32.6. The quantitative estimate of drug-likeness (QED) is 0.136. The molecule has 0 saturated carbocycles. The van der Waals surface area contributed by atoms with E-state index in [1.165, 1.54) is 79.8 Å². The van der Waals surface area contributed by atoms with Gasteiger partial charge in [-0.25, -0.2) is 21.7 Å². The van der Waals surface area contributed by atoms with Gasteiger partial charge in [-0.05, 0) is 122 Å². The fourth-order valence-corrected chi connectivity index (χ4v) is 8.99. The number of carbonyl (C=O) groups excluding carboxylic acids is 4. The number of carbonyl (C=O) groups is 4. The first-order valence-corrected chi connectivity index (χ1v) is 19.9. The van der Waals surface area contributed by atoms with Gasteiger partial charge < -0.3 is 9.47 Å². The summed E-state index contributed by atoms with van der Waals surface area (Å²) in [6.07, 6.45) is 0. The van der Waals surface area contributed by atoms with Crippen molar-refractivity contribution in [3.05, 3.63) is 161 Å². The van der Waals surface area contributed by atoms with Crippen molar-refractivity contribution < 1.29 is 45.5 Å². The Morgan fingerprint density at radius 2 is 0.857 bits per heavy atom. The molecule has 0 saturated heterocycles. The Kier molecular flexibility index (Phi) is 8.66. The summed E-state index contributed by atoms with van der Waals surface area (Å²) in [5, 5.41) is 0. The minimum Gasteiger partial charge on any atom is -0.457 e. The van der Waals surface area contributed by atoms with Gasteiger partial charge in [-0.1, -0.05) is 18.2 Å². The fraction of sp³-hybridized carbons (Fsp3) is 0.0476. The summed E-state index contributed by atoms with van der Waals surface area (Å²) in [6.45, 7) is 1.94. The van der Waals surface area contributed by atoms with E-state index in [1.54, 1.807) is 24.3 Å². The number of hydrogen-bond donors (Lipinski definition) is 0. The highest BCUT2D eigenvalue weighted by molar-refractivity contribution is 7.91. The van der Waals surface area contributed by atoms with Gasteiger partial charge in [-0.3, -0.25) is 24.1 Å². The van der Waals surface area contributed by atoms with Gasteiger partial charge in [0.15, 0.2) is 0 Å². The molecule has 0 spiro atoms. The SMILES string of the molecule is Cc1cccc(Oc2ccc(S(=O)(=O)c3ccc(Oc4cccc(N5C(=O)c6ccc(S(=O)(=O)c7ccc8c(c7)C(=O)N(C)C8=O)cc6C5=O)c4)cc3)cc2)c1. The van der Waals surface area contributed by atoms with Gasteiger partial charge >= 0.3 is 0 Å². The number of amides is 4. The topological polar surface area (TPSA) is 162 Å². The first-order valence-electron chi connectivity index (χ1n) is 16.9. The van der Waals surface area contributed by atoms with Crippen LogP contribution < -0.4 is 14.4 Å². The predicted molar refractivity (Wildman–Crippen MR) is 202 cm³/mol. The summed E-state index contributed by atoms with van der Waals surface area (Å²) in [5.41, 5.74) is 1.06. The molecule has 0 atom stereocenters. The van der Waals surface area contributed by atoms with Crippen LogP contribution in [0.2, 0.25) is 0 Å². The molecule has 0 unspecified atom stereocenters. The van der Waals surface area contributed by atoms with Crippen molar-refractivity contribution in [1.82, 2.24) is 4.90 Å². The number of fused-ring (bicyclic) bond motifs is 2. The van der Waals surface area contributed by atoms with Crippen LogP contribution in [0.5, 0.6) is 23.0 Å². The molecule has 8 rings (SSSR count). The van der Waals surface area contributed by atoms with Crippen LogP contribution in [0.25, 0.3) is 0 Å². The van der Waals surface area contributed by atoms with E-state index in [2.05, 4.69) is 0 Å². The van der Waals surface area contributed by atoms with E-state index >= 15 is 0 Å². The van der Waals surface area contributed by atoms with Gasteiger partial charge in [-0.15, -0.1) is 0 Å². The molecular weight excluding hydrogens is 757 g/mol. The monoisotopic (exact) mass is 784 g/mol. The lowest BCUT2D eigenvalue weighted by Crippen LogP contribution is -2.29. The zero-order chi connectivity index (χ0) is 39.5. The standard InChI is InChI=1S/C42H28N2O10S2/c1-25-5-3-7-29(21-25)53-27-9-13-31(14-10-27)55(49,50)32-15-11-28(12-16-32)54-30-8-4-6-26(22-30)44-41(47)36-20-18-34(24-38(36)42(44)48)56(51,52)33-17-19-35-37(23-33)40(46)43(2)39(35)45/h3-24H,1-2H3. The highest BCUT2D eigenvalue weighted by Crippen LogP contribution is 2.35. The third kappa shape index (κ3) is 6.20. The van der Waals surface area contributed by atoms with Crippen LogP contribution in [0.1, 0.15) is 47.0 Å². The lowest BCUT2D eigenvalue weighted by atomic mass is 10.1. The molecule has 2 aliphatic rings. The molecule has 2 aliphatic heterocycles. The smallest absolute Gasteiger partial charge is 0.266 e. The van der Waals surface area contributed by atoms with E-state index in [1.807, 2.05) is 31.2 Å². The fourth-order valence-electron chi connectivity index (χ4n) is 6.41. The van der Waals surface area contributed by atoms with Crippen molar-refractivity contribution >= 4 is 49.0 Å². The molecule has 14 heteroatoms. The van der Waals surface area contributed by atoms with E-state index in [4.69, 9.17) is 9.47 Å². The van der Waals surface area contributed by atoms with E-state index in [0.717, 1.165) is 27.5 Å². The molecule has 0 N–H and O–H groups in total. The number of aryl methyl sites for hydroxylation is 1. The van der Waals surface area contributed by atoms with Crippen molar-refractivity contribution in [2.75, 3.05) is 11.9 Å². The van der Waals surface area contributed by atoms with E-state index in [9.17, 15) is 36.0 Å². The lowest BCUT2D eigenvalue weighted by Gasteiger charge is -2.15. The summed E-state index contributed by atoms with van der Waals surface area (Å²) in [5.74, 6) is -0.987. The summed E-state index contributed by atoms with van der Waals surface area (Å²) in [4.78, 5) is 53.3. The van der Waals surface area contributed by atoms with Crippen molar-refractivity contribution in [3.8, 4) is 23.0 Å². The molecule has 6 aromatic rings. The normalized spacial score (nSPS) is 13.9. The molecule has 0 aliphatic carbocycles. The molecule has 0 fully saturated rings. The first kappa shape index (κ1) is 36.1. The second-order valence-electron chi connectivity index (χ2n) is 13.0. The Bertz CT molecular complexity index is 2890. The molecular formula is C42H28N2O10S2. The number of hydrogen-bond acceptors (Lipinski definition) is 10. The Balaban J connectivity index is 0.977. The molecule has 0 radical (unpaired) electrons. The Labute approximate surface area is 321 Å². The van der Waals surface area contributed by atoms with Crippen LogP contribution in [0.3, 0.4) is 0 Å². The maximum atomic E-state index is 13.6. The van der Waals surface area contributed by atoms with Crippen LogP contribution in [-0.4, -0.2) is 52.4 Å². The summed E-state index contributed by atoms with van der Waals surface area (Å²) >= 11 is 0.